The summed E-state index contributed by atoms with van der Waals surface area (Å²) in [4.78, 5) is 26.5. The van der Waals surface area contributed by atoms with Crippen LogP contribution in [0.15, 0.2) is 54.4 Å². The number of anilines is 1. The molecular weight excluding hydrogens is 308 g/mol. The minimum atomic E-state index is -0.109. The number of thiophene rings is 1. The molecule has 0 atom stereocenters. The highest BCUT2D eigenvalue weighted by atomic mass is 32.1. The van der Waals surface area contributed by atoms with Gasteiger partial charge in [0.1, 0.15) is 0 Å². The number of carbonyl (C=O) groups is 2. The second-order valence-corrected chi connectivity index (χ2v) is 6.23. The lowest BCUT2D eigenvalue weighted by molar-refractivity contribution is -0.130. The second kappa shape index (κ2) is 8.29. The lowest BCUT2D eigenvalue weighted by Gasteiger charge is -2.20. The molecule has 2 amide bonds. The van der Waals surface area contributed by atoms with Crippen LogP contribution in [-0.2, 0) is 22.6 Å². The van der Waals surface area contributed by atoms with Crippen LogP contribution in [0.2, 0.25) is 0 Å². The molecule has 1 heterocycles. The number of nitrogens with one attached hydrogen (secondary N) is 1. The molecule has 0 unspecified atom stereocenters. The van der Waals surface area contributed by atoms with Gasteiger partial charge in [0.2, 0.25) is 11.8 Å². The molecule has 23 heavy (non-hydrogen) atoms. The summed E-state index contributed by atoms with van der Waals surface area (Å²) in [5.74, 6) is -0.0486. The van der Waals surface area contributed by atoms with Gasteiger partial charge in [-0.2, -0.15) is 0 Å². The average molecular weight is 328 g/mol. The van der Waals surface area contributed by atoms with Gasteiger partial charge < -0.3 is 10.2 Å². The maximum absolute atomic E-state index is 12.5. The number of hydrogen-bond acceptors (Lipinski definition) is 3. The first-order valence-electron chi connectivity index (χ1n) is 7.36. The standard InChI is InChI=1S/C18H20N2O2S/c1-3-10-20(13-17-5-4-11-23-17)18(22)12-15-6-8-16(9-7-15)19-14(2)21/h3-9,11H,1,10,12-13H2,2H3,(H,19,21). The zero-order valence-electron chi connectivity index (χ0n) is 13.1. The van der Waals surface area contributed by atoms with E-state index in [1.807, 2.05) is 29.6 Å². The quantitative estimate of drug-likeness (QED) is 0.791. The van der Waals surface area contributed by atoms with E-state index in [-0.39, 0.29) is 11.8 Å². The molecule has 4 nitrogen and oxygen atoms in total. The Balaban J connectivity index is 1.99. The van der Waals surface area contributed by atoms with Crippen LogP contribution in [0, 0.1) is 0 Å². The fourth-order valence-electron chi connectivity index (χ4n) is 2.20. The highest BCUT2D eigenvalue weighted by molar-refractivity contribution is 7.09. The number of rotatable bonds is 7. The van der Waals surface area contributed by atoms with Gasteiger partial charge in [-0.15, -0.1) is 17.9 Å². The minimum Gasteiger partial charge on any atom is -0.334 e. The highest BCUT2D eigenvalue weighted by Gasteiger charge is 2.14. The predicted octanol–water partition coefficient (Wildman–Crippen LogP) is 3.46. The monoisotopic (exact) mass is 328 g/mol. The molecule has 120 valence electrons. The lowest BCUT2D eigenvalue weighted by Crippen LogP contribution is -2.31. The van der Waals surface area contributed by atoms with Crippen LogP contribution in [0.4, 0.5) is 5.69 Å². The van der Waals surface area contributed by atoms with E-state index in [0.717, 1.165) is 16.1 Å². The summed E-state index contributed by atoms with van der Waals surface area (Å²) < 4.78 is 0. The summed E-state index contributed by atoms with van der Waals surface area (Å²) in [6.45, 7) is 6.33. The number of amides is 2. The van der Waals surface area contributed by atoms with Gasteiger partial charge >= 0.3 is 0 Å². The SMILES string of the molecule is C=CCN(Cc1cccs1)C(=O)Cc1ccc(NC(C)=O)cc1. The summed E-state index contributed by atoms with van der Waals surface area (Å²) in [7, 11) is 0. The Morgan fingerprint density at radius 1 is 1.26 bits per heavy atom. The molecule has 0 aliphatic heterocycles. The number of nitrogens with zero attached hydrogens (tertiary/aromatic N) is 1. The molecule has 5 heteroatoms. The zero-order chi connectivity index (χ0) is 16.7. The zero-order valence-corrected chi connectivity index (χ0v) is 13.9. The van der Waals surface area contributed by atoms with E-state index >= 15 is 0 Å². The van der Waals surface area contributed by atoms with Crippen LogP contribution in [0.5, 0.6) is 0 Å². The van der Waals surface area contributed by atoms with Crippen molar-refractivity contribution in [3.63, 3.8) is 0 Å². The van der Waals surface area contributed by atoms with E-state index in [1.54, 1.807) is 34.4 Å². The number of benzene rings is 1. The smallest absolute Gasteiger partial charge is 0.227 e. The summed E-state index contributed by atoms with van der Waals surface area (Å²) in [6.07, 6.45) is 2.07. The van der Waals surface area contributed by atoms with Crippen molar-refractivity contribution in [1.82, 2.24) is 4.90 Å². The second-order valence-electron chi connectivity index (χ2n) is 5.20. The molecular formula is C18H20N2O2S. The fourth-order valence-corrected chi connectivity index (χ4v) is 2.92. The van der Waals surface area contributed by atoms with E-state index in [0.29, 0.717) is 19.5 Å². The number of carbonyl (C=O) groups excluding carboxylic acids is 2. The maximum atomic E-state index is 12.5. The van der Waals surface area contributed by atoms with Crippen LogP contribution in [0.1, 0.15) is 17.4 Å². The van der Waals surface area contributed by atoms with Gasteiger partial charge in [-0.1, -0.05) is 24.3 Å². The van der Waals surface area contributed by atoms with Crippen molar-refractivity contribution in [1.29, 1.82) is 0 Å². The third-order valence-corrected chi connectivity index (χ3v) is 4.12. The van der Waals surface area contributed by atoms with Crippen LogP contribution < -0.4 is 5.32 Å². The van der Waals surface area contributed by atoms with Crippen molar-refractivity contribution in [3.8, 4) is 0 Å². The molecule has 1 aromatic carbocycles. The Bertz CT molecular complexity index is 663. The molecule has 0 radical (unpaired) electrons. The molecule has 2 rings (SSSR count). The van der Waals surface area contributed by atoms with Gasteiger partial charge in [0.05, 0.1) is 13.0 Å². The Labute approximate surface area is 140 Å². The molecule has 0 fully saturated rings. The van der Waals surface area contributed by atoms with E-state index in [2.05, 4.69) is 11.9 Å². The average Bonchev–Trinajstić information content (AvgIpc) is 3.01. The van der Waals surface area contributed by atoms with E-state index < -0.39 is 0 Å². The Hall–Kier alpha value is -2.40. The Morgan fingerprint density at radius 2 is 2.00 bits per heavy atom. The molecule has 1 N–H and O–H groups in total. The first kappa shape index (κ1) is 17.0. The maximum Gasteiger partial charge on any atom is 0.227 e. The molecule has 0 aliphatic rings. The van der Waals surface area contributed by atoms with Gasteiger partial charge in [0, 0.05) is 24.0 Å². The van der Waals surface area contributed by atoms with Gasteiger partial charge in [-0.25, -0.2) is 0 Å². The Morgan fingerprint density at radius 3 is 2.57 bits per heavy atom. The summed E-state index contributed by atoms with van der Waals surface area (Å²) in [5.41, 5.74) is 1.65. The summed E-state index contributed by atoms with van der Waals surface area (Å²) >= 11 is 1.64. The van der Waals surface area contributed by atoms with E-state index in [9.17, 15) is 9.59 Å². The van der Waals surface area contributed by atoms with Gasteiger partial charge in [-0.3, -0.25) is 9.59 Å². The number of hydrogen-bond donors (Lipinski definition) is 1. The third-order valence-electron chi connectivity index (χ3n) is 3.26. The van der Waals surface area contributed by atoms with Crippen molar-refractivity contribution < 1.29 is 9.59 Å². The largest absolute Gasteiger partial charge is 0.334 e. The first-order valence-corrected chi connectivity index (χ1v) is 8.24. The predicted molar refractivity (Wildman–Crippen MR) is 94.4 cm³/mol. The normalized spacial score (nSPS) is 10.1. The van der Waals surface area contributed by atoms with Gasteiger partial charge in [-0.05, 0) is 29.1 Å². The molecule has 1 aromatic heterocycles. The molecule has 0 aliphatic carbocycles. The summed E-state index contributed by atoms with van der Waals surface area (Å²) in [5, 5.41) is 4.72. The van der Waals surface area contributed by atoms with Crippen LogP contribution in [-0.4, -0.2) is 23.3 Å². The first-order chi connectivity index (χ1) is 11.1. The molecule has 2 aromatic rings. The van der Waals surface area contributed by atoms with Crippen molar-refractivity contribution >= 4 is 28.8 Å². The molecule has 0 bridgehead atoms. The van der Waals surface area contributed by atoms with Crippen LogP contribution in [0.3, 0.4) is 0 Å². The third kappa shape index (κ3) is 5.38. The molecule has 0 saturated carbocycles. The van der Waals surface area contributed by atoms with Crippen molar-refractivity contribution in [3.05, 3.63) is 64.9 Å². The molecule has 0 spiro atoms. The van der Waals surface area contributed by atoms with Gasteiger partial charge in [0.15, 0.2) is 0 Å². The van der Waals surface area contributed by atoms with Crippen molar-refractivity contribution in [2.24, 2.45) is 0 Å². The fraction of sp³-hybridized carbons (Fsp3) is 0.222. The minimum absolute atomic E-state index is 0.0607. The topological polar surface area (TPSA) is 49.4 Å². The van der Waals surface area contributed by atoms with Crippen LogP contribution >= 0.6 is 11.3 Å². The van der Waals surface area contributed by atoms with E-state index in [1.165, 1.54) is 6.92 Å². The molecule has 0 saturated heterocycles. The van der Waals surface area contributed by atoms with Crippen molar-refractivity contribution in [2.75, 3.05) is 11.9 Å². The summed E-state index contributed by atoms with van der Waals surface area (Å²) in [6, 6.07) is 11.3. The van der Waals surface area contributed by atoms with Crippen molar-refractivity contribution in [2.45, 2.75) is 19.9 Å². The van der Waals surface area contributed by atoms with Gasteiger partial charge in [0.25, 0.3) is 0 Å². The lowest BCUT2D eigenvalue weighted by atomic mass is 10.1. The van der Waals surface area contributed by atoms with E-state index in [4.69, 9.17) is 0 Å². The highest BCUT2D eigenvalue weighted by Crippen LogP contribution is 2.15. The van der Waals surface area contributed by atoms with Crippen LogP contribution in [0.25, 0.3) is 0 Å². The Kier molecular flexibility index (Phi) is 6.11.